The molecule has 2 rings (SSSR count). The Kier molecular flexibility index (Phi) is 2.83. The van der Waals surface area contributed by atoms with Gasteiger partial charge in [-0.25, -0.2) is 4.98 Å². The molecule has 15 heavy (non-hydrogen) atoms. The van der Waals surface area contributed by atoms with Gasteiger partial charge in [0.2, 0.25) is 0 Å². The molecule has 0 aliphatic carbocycles. The van der Waals surface area contributed by atoms with E-state index in [4.69, 9.17) is 5.73 Å². The normalized spacial score (nSPS) is 10.9. The van der Waals surface area contributed by atoms with Gasteiger partial charge in [-0.05, 0) is 13.5 Å². The van der Waals surface area contributed by atoms with E-state index >= 15 is 0 Å². The first kappa shape index (κ1) is 10.3. The average Bonchev–Trinajstić information content (AvgIpc) is 2.73. The van der Waals surface area contributed by atoms with Crippen LogP contribution >= 0.6 is 11.3 Å². The standard InChI is InChI=1S/C10H14N4S/c1-7-10(8-5-12-14(2)6-8)13-9(15-7)3-4-11/h5-6H,3-4,11H2,1-2H3. The molecule has 0 aliphatic heterocycles. The Labute approximate surface area is 92.8 Å². The van der Waals surface area contributed by atoms with Crippen molar-refractivity contribution in [1.29, 1.82) is 0 Å². The summed E-state index contributed by atoms with van der Waals surface area (Å²) in [6.07, 6.45) is 4.67. The van der Waals surface area contributed by atoms with Crippen molar-refractivity contribution >= 4 is 11.3 Å². The van der Waals surface area contributed by atoms with Crippen LogP contribution in [0.1, 0.15) is 9.88 Å². The topological polar surface area (TPSA) is 56.7 Å². The van der Waals surface area contributed by atoms with Crippen molar-refractivity contribution in [2.24, 2.45) is 12.8 Å². The van der Waals surface area contributed by atoms with E-state index in [-0.39, 0.29) is 0 Å². The number of nitrogens with zero attached hydrogens (tertiary/aromatic N) is 3. The highest BCUT2D eigenvalue weighted by Crippen LogP contribution is 2.26. The number of hydrogen-bond acceptors (Lipinski definition) is 4. The van der Waals surface area contributed by atoms with Gasteiger partial charge in [0.1, 0.15) is 0 Å². The molecule has 0 amide bonds. The van der Waals surface area contributed by atoms with Crippen molar-refractivity contribution in [2.45, 2.75) is 13.3 Å². The third-order valence-electron chi connectivity index (χ3n) is 2.18. The van der Waals surface area contributed by atoms with E-state index < -0.39 is 0 Å². The van der Waals surface area contributed by atoms with E-state index in [1.165, 1.54) is 4.88 Å². The van der Waals surface area contributed by atoms with E-state index in [1.807, 2.05) is 19.4 Å². The summed E-state index contributed by atoms with van der Waals surface area (Å²) in [7, 11) is 1.91. The molecule has 0 bridgehead atoms. The maximum Gasteiger partial charge on any atom is 0.0947 e. The van der Waals surface area contributed by atoms with Crippen molar-refractivity contribution in [1.82, 2.24) is 14.8 Å². The van der Waals surface area contributed by atoms with Gasteiger partial charge in [-0.3, -0.25) is 4.68 Å². The van der Waals surface area contributed by atoms with Gasteiger partial charge < -0.3 is 5.73 Å². The van der Waals surface area contributed by atoms with E-state index in [2.05, 4.69) is 17.0 Å². The molecule has 0 unspecified atom stereocenters. The minimum absolute atomic E-state index is 0.652. The molecule has 5 heteroatoms. The van der Waals surface area contributed by atoms with Crippen LogP contribution in [0.3, 0.4) is 0 Å². The number of rotatable bonds is 3. The summed E-state index contributed by atoms with van der Waals surface area (Å²) >= 11 is 1.71. The van der Waals surface area contributed by atoms with Gasteiger partial charge in [-0.1, -0.05) is 0 Å². The summed E-state index contributed by atoms with van der Waals surface area (Å²) in [5.74, 6) is 0. The second kappa shape index (κ2) is 4.12. The Bertz CT molecular complexity index is 458. The Balaban J connectivity index is 2.35. The minimum atomic E-state index is 0.652. The van der Waals surface area contributed by atoms with E-state index in [0.717, 1.165) is 22.7 Å². The van der Waals surface area contributed by atoms with Gasteiger partial charge in [0.15, 0.2) is 0 Å². The predicted octanol–water partition coefficient (Wildman–Crippen LogP) is 1.35. The third-order valence-corrected chi connectivity index (χ3v) is 3.21. The van der Waals surface area contributed by atoms with Crippen molar-refractivity contribution in [3.8, 4) is 11.3 Å². The highest BCUT2D eigenvalue weighted by molar-refractivity contribution is 7.12. The Morgan fingerprint density at radius 2 is 2.33 bits per heavy atom. The summed E-state index contributed by atoms with van der Waals surface area (Å²) in [4.78, 5) is 5.80. The van der Waals surface area contributed by atoms with Crippen molar-refractivity contribution in [2.75, 3.05) is 6.54 Å². The molecule has 0 saturated heterocycles. The molecule has 0 aliphatic rings. The number of hydrogen-bond donors (Lipinski definition) is 1. The molecule has 2 N–H and O–H groups in total. The monoisotopic (exact) mass is 222 g/mol. The Hall–Kier alpha value is -1.20. The molecular weight excluding hydrogens is 208 g/mol. The molecule has 2 aromatic heterocycles. The Morgan fingerprint density at radius 1 is 1.53 bits per heavy atom. The van der Waals surface area contributed by atoms with E-state index in [9.17, 15) is 0 Å². The molecule has 4 nitrogen and oxygen atoms in total. The fraction of sp³-hybridized carbons (Fsp3) is 0.400. The van der Waals surface area contributed by atoms with Crippen LogP contribution in [0.25, 0.3) is 11.3 Å². The number of nitrogens with two attached hydrogens (primary N) is 1. The smallest absolute Gasteiger partial charge is 0.0947 e. The molecular formula is C10H14N4S. The summed E-state index contributed by atoms with van der Waals surface area (Å²) in [5, 5.41) is 5.25. The Morgan fingerprint density at radius 3 is 2.93 bits per heavy atom. The number of aryl methyl sites for hydroxylation is 2. The largest absolute Gasteiger partial charge is 0.330 e. The lowest BCUT2D eigenvalue weighted by molar-refractivity contribution is 0.768. The second-order valence-electron chi connectivity index (χ2n) is 3.45. The van der Waals surface area contributed by atoms with Crippen LogP contribution in [0.2, 0.25) is 0 Å². The number of thiazole rings is 1. The third kappa shape index (κ3) is 2.08. The molecule has 0 saturated carbocycles. The lowest BCUT2D eigenvalue weighted by Crippen LogP contribution is -2.01. The van der Waals surface area contributed by atoms with Crippen LogP contribution in [0.5, 0.6) is 0 Å². The van der Waals surface area contributed by atoms with Crippen LogP contribution in [-0.2, 0) is 13.5 Å². The van der Waals surface area contributed by atoms with Gasteiger partial charge in [0.25, 0.3) is 0 Å². The zero-order valence-electron chi connectivity index (χ0n) is 8.90. The zero-order chi connectivity index (χ0) is 10.8. The van der Waals surface area contributed by atoms with Crippen LogP contribution < -0.4 is 5.73 Å². The first-order chi connectivity index (χ1) is 7.20. The fourth-order valence-corrected chi connectivity index (χ4v) is 2.46. The van der Waals surface area contributed by atoms with Crippen molar-refractivity contribution < 1.29 is 0 Å². The lowest BCUT2D eigenvalue weighted by Gasteiger charge is -1.91. The van der Waals surface area contributed by atoms with Gasteiger partial charge in [-0.15, -0.1) is 11.3 Å². The average molecular weight is 222 g/mol. The molecule has 0 atom stereocenters. The maximum atomic E-state index is 5.51. The van der Waals surface area contributed by atoms with Crippen LogP contribution in [0.4, 0.5) is 0 Å². The first-order valence-electron chi connectivity index (χ1n) is 4.86. The van der Waals surface area contributed by atoms with Gasteiger partial charge in [0, 0.05) is 30.1 Å². The van der Waals surface area contributed by atoms with Crippen LogP contribution in [0.15, 0.2) is 12.4 Å². The summed E-state index contributed by atoms with van der Waals surface area (Å²) < 4.78 is 1.79. The molecule has 2 aromatic rings. The minimum Gasteiger partial charge on any atom is -0.330 e. The zero-order valence-corrected chi connectivity index (χ0v) is 9.71. The molecule has 0 spiro atoms. The summed E-state index contributed by atoms with van der Waals surface area (Å²) in [5.41, 5.74) is 7.63. The van der Waals surface area contributed by atoms with Crippen molar-refractivity contribution in [3.63, 3.8) is 0 Å². The molecule has 0 fully saturated rings. The fourth-order valence-electron chi connectivity index (χ4n) is 1.49. The molecule has 80 valence electrons. The van der Waals surface area contributed by atoms with Crippen LogP contribution in [-0.4, -0.2) is 21.3 Å². The first-order valence-corrected chi connectivity index (χ1v) is 5.67. The van der Waals surface area contributed by atoms with E-state index in [1.54, 1.807) is 16.0 Å². The van der Waals surface area contributed by atoms with Gasteiger partial charge >= 0.3 is 0 Å². The van der Waals surface area contributed by atoms with E-state index in [0.29, 0.717) is 6.54 Å². The maximum absolute atomic E-state index is 5.51. The summed E-state index contributed by atoms with van der Waals surface area (Å²) in [6.45, 7) is 2.74. The van der Waals surface area contributed by atoms with Gasteiger partial charge in [-0.2, -0.15) is 5.10 Å². The quantitative estimate of drug-likeness (QED) is 0.853. The predicted molar refractivity (Wildman–Crippen MR) is 61.8 cm³/mol. The second-order valence-corrected chi connectivity index (χ2v) is 4.74. The SMILES string of the molecule is Cc1sc(CCN)nc1-c1cnn(C)c1. The van der Waals surface area contributed by atoms with Crippen molar-refractivity contribution in [3.05, 3.63) is 22.3 Å². The molecule has 0 aromatic carbocycles. The summed E-state index contributed by atoms with van der Waals surface area (Å²) in [6, 6.07) is 0. The van der Waals surface area contributed by atoms with Gasteiger partial charge in [0.05, 0.1) is 16.9 Å². The lowest BCUT2D eigenvalue weighted by atomic mass is 10.2. The van der Waals surface area contributed by atoms with Crippen LogP contribution in [0, 0.1) is 6.92 Å². The highest BCUT2D eigenvalue weighted by atomic mass is 32.1. The number of aromatic nitrogens is 3. The highest BCUT2D eigenvalue weighted by Gasteiger charge is 2.10. The molecule has 2 heterocycles. The molecule has 0 radical (unpaired) electrons.